The van der Waals surface area contributed by atoms with Crippen LogP contribution in [0.4, 0.5) is 0 Å². The van der Waals surface area contributed by atoms with E-state index in [1.807, 2.05) is 48.5 Å². The molecule has 2 heterocycles. The van der Waals surface area contributed by atoms with Gasteiger partial charge in [0.1, 0.15) is 11.5 Å². The number of hydrogen-bond acceptors (Lipinski definition) is 4. The fraction of sp³-hybridized carbons (Fsp3) is 0.190. The van der Waals surface area contributed by atoms with Crippen molar-refractivity contribution in [3.63, 3.8) is 0 Å². The molecule has 0 fully saturated rings. The van der Waals surface area contributed by atoms with Gasteiger partial charge >= 0.3 is 0 Å². The van der Waals surface area contributed by atoms with Gasteiger partial charge in [-0.1, -0.05) is 48.5 Å². The zero-order valence-corrected chi connectivity index (χ0v) is 14.8. The summed E-state index contributed by atoms with van der Waals surface area (Å²) in [6.45, 7) is 4.16. The minimum Gasteiger partial charge on any atom is -0.281 e. The normalized spacial score (nSPS) is 15.1. The van der Waals surface area contributed by atoms with Crippen LogP contribution in [0, 0.1) is 0 Å². The minimum atomic E-state index is -0.292. The second kappa shape index (κ2) is 6.26. The molecule has 1 aliphatic heterocycles. The molecule has 130 valence electrons. The number of amidine groups is 1. The van der Waals surface area contributed by atoms with E-state index < -0.39 is 0 Å². The lowest BCUT2D eigenvalue weighted by Crippen LogP contribution is -2.45. The van der Waals surface area contributed by atoms with E-state index in [1.165, 1.54) is 5.56 Å². The van der Waals surface area contributed by atoms with Gasteiger partial charge in [0.15, 0.2) is 0 Å². The third kappa shape index (κ3) is 3.16. The number of nitrogens with zero attached hydrogens (tertiary/aromatic N) is 2. The van der Waals surface area contributed by atoms with Crippen molar-refractivity contribution >= 4 is 22.6 Å². The highest BCUT2D eigenvalue weighted by Crippen LogP contribution is 2.25. The van der Waals surface area contributed by atoms with Crippen molar-refractivity contribution in [3.05, 3.63) is 77.5 Å². The number of amides is 1. The summed E-state index contributed by atoms with van der Waals surface area (Å²) in [6, 6.07) is 19.4. The van der Waals surface area contributed by atoms with Gasteiger partial charge in [0.2, 0.25) is 0 Å². The Balaban J connectivity index is 1.55. The van der Waals surface area contributed by atoms with Gasteiger partial charge in [-0.15, -0.1) is 0 Å². The summed E-state index contributed by atoms with van der Waals surface area (Å²) < 4.78 is 0. The van der Waals surface area contributed by atoms with Crippen LogP contribution in [-0.2, 0) is 6.42 Å². The molecule has 0 spiro atoms. The molecule has 0 bridgehead atoms. The van der Waals surface area contributed by atoms with Gasteiger partial charge in [-0.2, -0.15) is 0 Å². The summed E-state index contributed by atoms with van der Waals surface area (Å²) in [7, 11) is 0. The highest BCUT2D eigenvalue weighted by atomic mass is 16.2. The predicted octanol–water partition coefficient (Wildman–Crippen LogP) is 3.25. The number of aliphatic imine (C=N–C) groups is 1. The number of carbonyl (C=O) groups is 1. The van der Waals surface area contributed by atoms with Crippen molar-refractivity contribution in [2.24, 2.45) is 4.99 Å². The second-order valence-corrected chi connectivity index (χ2v) is 7.08. The lowest BCUT2D eigenvalue weighted by atomic mass is 9.89. The molecule has 5 nitrogen and oxygen atoms in total. The first-order valence-corrected chi connectivity index (χ1v) is 8.62. The monoisotopic (exact) mass is 344 g/mol. The molecule has 0 radical (unpaired) electrons. The summed E-state index contributed by atoms with van der Waals surface area (Å²) in [6.07, 6.45) is 0.870. The predicted molar refractivity (Wildman–Crippen MR) is 103 cm³/mol. The Hall–Kier alpha value is -3.21. The maximum absolute atomic E-state index is 12.5. The summed E-state index contributed by atoms with van der Waals surface area (Å²) in [4.78, 5) is 21.7. The highest BCUT2D eigenvalue weighted by Gasteiger charge is 2.26. The van der Waals surface area contributed by atoms with E-state index in [1.54, 1.807) is 6.07 Å². The Morgan fingerprint density at radius 1 is 1.00 bits per heavy atom. The lowest BCUT2D eigenvalue weighted by Gasteiger charge is -2.29. The summed E-state index contributed by atoms with van der Waals surface area (Å²) >= 11 is 0. The maximum atomic E-state index is 12.5. The fourth-order valence-corrected chi connectivity index (χ4v) is 3.24. The standard InChI is InChI=1S/C21H20N4O/c1-21(2)13-15-8-3-5-9-16(15)19(23-21)24-25-20(26)18-12-11-14-7-4-6-10-17(14)22-18/h3-12H,13H2,1-2H3,(H,23,24)(H,25,26). The van der Waals surface area contributed by atoms with Crippen LogP contribution in [0.5, 0.6) is 0 Å². The molecule has 0 saturated carbocycles. The van der Waals surface area contributed by atoms with E-state index in [4.69, 9.17) is 4.99 Å². The Morgan fingerprint density at radius 3 is 2.65 bits per heavy atom. The number of nitrogens with one attached hydrogen (secondary N) is 2. The first kappa shape index (κ1) is 16.3. The SMILES string of the molecule is CC1(C)Cc2ccccc2C(NNC(=O)c2ccc3ccccc3n2)=N1. The Bertz CT molecular complexity index is 1020. The largest absolute Gasteiger partial charge is 0.288 e. The van der Waals surface area contributed by atoms with Crippen LogP contribution in [0.15, 0.2) is 65.7 Å². The van der Waals surface area contributed by atoms with Crippen molar-refractivity contribution in [3.8, 4) is 0 Å². The van der Waals surface area contributed by atoms with E-state index in [0.717, 1.165) is 22.9 Å². The van der Waals surface area contributed by atoms with Gasteiger partial charge in [-0.3, -0.25) is 20.6 Å². The smallest absolute Gasteiger partial charge is 0.281 e. The van der Waals surface area contributed by atoms with Crippen molar-refractivity contribution in [1.29, 1.82) is 0 Å². The molecule has 0 saturated heterocycles. The number of hydrazine groups is 1. The molecule has 1 aromatic heterocycles. The molecule has 0 atom stereocenters. The number of rotatable bonds is 1. The van der Waals surface area contributed by atoms with E-state index in [2.05, 4.69) is 35.7 Å². The summed E-state index contributed by atoms with van der Waals surface area (Å²) in [5, 5.41) is 1.00. The van der Waals surface area contributed by atoms with Crippen LogP contribution in [0.3, 0.4) is 0 Å². The van der Waals surface area contributed by atoms with Crippen molar-refractivity contribution in [2.75, 3.05) is 0 Å². The molecular weight excluding hydrogens is 324 g/mol. The molecule has 26 heavy (non-hydrogen) atoms. The summed E-state index contributed by atoms with van der Waals surface area (Å²) in [5.74, 6) is 0.380. The van der Waals surface area contributed by atoms with Gasteiger partial charge in [-0.25, -0.2) is 4.98 Å². The first-order chi connectivity index (χ1) is 12.5. The van der Waals surface area contributed by atoms with E-state index in [-0.39, 0.29) is 11.4 Å². The van der Waals surface area contributed by atoms with Crippen LogP contribution in [0.2, 0.25) is 0 Å². The highest BCUT2D eigenvalue weighted by molar-refractivity contribution is 6.03. The molecular formula is C21H20N4O. The number of para-hydroxylation sites is 1. The van der Waals surface area contributed by atoms with Crippen molar-refractivity contribution < 1.29 is 4.79 Å². The molecule has 1 amide bonds. The van der Waals surface area contributed by atoms with E-state index in [0.29, 0.717) is 11.5 Å². The average molecular weight is 344 g/mol. The van der Waals surface area contributed by atoms with Gasteiger partial charge in [0.25, 0.3) is 5.91 Å². The molecule has 2 aromatic carbocycles. The maximum Gasteiger partial charge on any atom is 0.288 e. The van der Waals surface area contributed by atoms with Crippen LogP contribution >= 0.6 is 0 Å². The molecule has 4 rings (SSSR count). The average Bonchev–Trinajstić information content (AvgIpc) is 2.64. The van der Waals surface area contributed by atoms with Gasteiger partial charge in [0, 0.05) is 10.9 Å². The topological polar surface area (TPSA) is 66.4 Å². The minimum absolute atomic E-state index is 0.220. The molecule has 1 aliphatic rings. The molecule has 3 aromatic rings. The third-order valence-electron chi connectivity index (χ3n) is 4.44. The summed E-state index contributed by atoms with van der Waals surface area (Å²) in [5.41, 5.74) is 8.88. The number of pyridine rings is 1. The second-order valence-electron chi connectivity index (χ2n) is 7.08. The fourth-order valence-electron chi connectivity index (χ4n) is 3.24. The van der Waals surface area contributed by atoms with Crippen LogP contribution in [0.25, 0.3) is 10.9 Å². The molecule has 0 aliphatic carbocycles. The zero-order chi connectivity index (χ0) is 18.1. The Kier molecular flexibility index (Phi) is 3.92. The quantitative estimate of drug-likeness (QED) is 0.666. The van der Waals surface area contributed by atoms with Crippen molar-refractivity contribution in [1.82, 2.24) is 15.8 Å². The van der Waals surface area contributed by atoms with Crippen LogP contribution < -0.4 is 10.9 Å². The first-order valence-electron chi connectivity index (χ1n) is 8.62. The van der Waals surface area contributed by atoms with E-state index in [9.17, 15) is 4.79 Å². The number of fused-ring (bicyclic) bond motifs is 2. The molecule has 2 N–H and O–H groups in total. The molecule has 0 unspecified atom stereocenters. The Morgan fingerprint density at radius 2 is 1.77 bits per heavy atom. The van der Waals surface area contributed by atoms with Crippen LogP contribution in [-0.4, -0.2) is 22.3 Å². The van der Waals surface area contributed by atoms with Gasteiger partial charge < -0.3 is 0 Å². The lowest BCUT2D eigenvalue weighted by molar-refractivity contribution is 0.0939. The van der Waals surface area contributed by atoms with Gasteiger partial charge in [-0.05, 0) is 38.0 Å². The zero-order valence-electron chi connectivity index (χ0n) is 14.8. The van der Waals surface area contributed by atoms with E-state index >= 15 is 0 Å². The third-order valence-corrected chi connectivity index (χ3v) is 4.44. The number of hydrogen-bond donors (Lipinski definition) is 2. The van der Waals surface area contributed by atoms with Crippen molar-refractivity contribution in [2.45, 2.75) is 25.8 Å². The van der Waals surface area contributed by atoms with Crippen LogP contribution in [0.1, 0.15) is 35.5 Å². The Labute approximate surface area is 152 Å². The molecule has 5 heteroatoms. The number of carbonyl (C=O) groups excluding carboxylic acids is 1. The number of benzene rings is 2. The van der Waals surface area contributed by atoms with Gasteiger partial charge in [0.05, 0.1) is 11.1 Å². The number of aromatic nitrogens is 1.